The summed E-state index contributed by atoms with van der Waals surface area (Å²) in [6, 6.07) is 1.38. The molecule has 0 aliphatic heterocycles. The number of nitrogens with zero attached hydrogens (tertiary/aromatic N) is 1. The van der Waals surface area contributed by atoms with Crippen molar-refractivity contribution in [1.82, 2.24) is 4.90 Å². The molecule has 2 rings (SSSR count). The topological polar surface area (TPSA) is 49.5 Å². The summed E-state index contributed by atoms with van der Waals surface area (Å²) in [5.41, 5.74) is 5.01. The van der Waals surface area contributed by atoms with Gasteiger partial charge in [-0.1, -0.05) is 38.5 Å². The van der Waals surface area contributed by atoms with Gasteiger partial charge in [0.25, 0.3) is 0 Å². The molecule has 0 aromatic carbocycles. The Labute approximate surface area is 118 Å². The summed E-state index contributed by atoms with van der Waals surface area (Å²) in [6.07, 6.45) is 13.5. The smallest absolute Gasteiger partial charge is 0.0867 e. The molecule has 2 aliphatic rings. The van der Waals surface area contributed by atoms with E-state index in [9.17, 15) is 5.11 Å². The maximum atomic E-state index is 10.4. The molecular weight excluding hydrogens is 236 g/mol. The van der Waals surface area contributed by atoms with Gasteiger partial charge in [-0.15, -0.1) is 0 Å². The van der Waals surface area contributed by atoms with Crippen molar-refractivity contribution in [2.45, 2.75) is 88.8 Å². The zero-order chi connectivity index (χ0) is 13.7. The highest BCUT2D eigenvalue weighted by atomic mass is 16.3. The van der Waals surface area contributed by atoms with Crippen LogP contribution in [0.3, 0.4) is 0 Å². The predicted molar refractivity (Wildman–Crippen MR) is 80.1 cm³/mol. The first-order valence-electron chi connectivity index (χ1n) is 8.30. The summed E-state index contributed by atoms with van der Waals surface area (Å²) in [6.45, 7) is 3.02. The Bertz CT molecular complexity index is 237. The van der Waals surface area contributed by atoms with Crippen molar-refractivity contribution in [3.63, 3.8) is 0 Å². The first-order valence-corrected chi connectivity index (χ1v) is 8.30. The van der Waals surface area contributed by atoms with Crippen LogP contribution in [-0.2, 0) is 0 Å². The molecule has 1 unspecified atom stereocenters. The van der Waals surface area contributed by atoms with Crippen LogP contribution in [0.2, 0.25) is 0 Å². The van der Waals surface area contributed by atoms with Gasteiger partial charge in [0.05, 0.1) is 5.60 Å². The largest absolute Gasteiger partial charge is 0.388 e. The van der Waals surface area contributed by atoms with E-state index in [0.717, 1.165) is 6.54 Å². The lowest BCUT2D eigenvalue weighted by Crippen LogP contribution is -2.54. The van der Waals surface area contributed by atoms with E-state index in [-0.39, 0.29) is 0 Å². The van der Waals surface area contributed by atoms with Crippen LogP contribution < -0.4 is 5.73 Å². The molecule has 0 aromatic rings. The van der Waals surface area contributed by atoms with Gasteiger partial charge in [0, 0.05) is 25.2 Å². The van der Waals surface area contributed by atoms with Crippen LogP contribution in [-0.4, -0.2) is 40.8 Å². The molecule has 0 aromatic heterocycles. The van der Waals surface area contributed by atoms with E-state index in [1.165, 1.54) is 64.2 Å². The summed E-state index contributed by atoms with van der Waals surface area (Å²) in [5, 5.41) is 10.4. The molecule has 19 heavy (non-hydrogen) atoms. The number of hydrogen-bond acceptors (Lipinski definition) is 3. The van der Waals surface area contributed by atoms with Crippen molar-refractivity contribution >= 4 is 0 Å². The predicted octanol–water partition coefficient (Wildman–Crippen LogP) is 2.66. The third-order valence-electron chi connectivity index (χ3n) is 5.05. The van der Waals surface area contributed by atoms with Gasteiger partial charge < -0.3 is 10.8 Å². The molecule has 0 bridgehead atoms. The molecule has 0 spiro atoms. The van der Waals surface area contributed by atoms with Crippen LogP contribution in [0.1, 0.15) is 71.1 Å². The number of rotatable bonds is 5. The Morgan fingerprint density at radius 1 is 0.947 bits per heavy atom. The van der Waals surface area contributed by atoms with Crippen molar-refractivity contribution in [2.75, 3.05) is 13.1 Å². The first-order chi connectivity index (χ1) is 9.12. The van der Waals surface area contributed by atoms with E-state index in [4.69, 9.17) is 5.73 Å². The zero-order valence-corrected chi connectivity index (χ0v) is 12.6. The molecular formula is C16H32N2O. The van der Waals surface area contributed by atoms with Crippen molar-refractivity contribution in [3.05, 3.63) is 0 Å². The number of hydrogen-bond donors (Lipinski definition) is 2. The maximum Gasteiger partial charge on any atom is 0.0867 e. The standard InChI is InChI=1S/C16H32N2O/c1-16(19,12-17)13-18(14-8-4-2-5-9-14)15-10-6-3-7-11-15/h14-15,19H,2-13,17H2,1H3. The molecule has 2 aliphatic carbocycles. The monoisotopic (exact) mass is 268 g/mol. The number of nitrogens with two attached hydrogens (primary N) is 1. The van der Waals surface area contributed by atoms with Gasteiger partial charge >= 0.3 is 0 Å². The van der Waals surface area contributed by atoms with E-state index >= 15 is 0 Å². The van der Waals surface area contributed by atoms with Gasteiger partial charge in [-0.05, 0) is 32.6 Å². The average Bonchev–Trinajstić information content (AvgIpc) is 2.47. The lowest BCUT2D eigenvalue weighted by atomic mass is 9.87. The van der Waals surface area contributed by atoms with Crippen molar-refractivity contribution in [3.8, 4) is 0 Å². The molecule has 0 radical (unpaired) electrons. The average molecular weight is 268 g/mol. The summed E-state index contributed by atoms with van der Waals surface area (Å²) in [5.74, 6) is 0. The van der Waals surface area contributed by atoms with Gasteiger partial charge in [-0.2, -0.15) is 0 Å². The van der Waals surface area contributed by atoms with E-state index in [2.05, 4.69) is 4.90 Å². The Hall–Kier alpha value is -0.120. The van der Waals surface area contributed by atoms with E-state index in [1.807, 2.05) is 6.92 Å². The third kappa shape index (κ3) is 4.44. The Morgan fingerprint density at radius 3 is 1.74 bits per heavy atom. The van der Waals surface area contributed by atoms with E-state index in [1.54, 1.807) is 0 Å². The Balaban J connectivity index is 2.02. The van der Waals surface area contributed by atoms with Gasteiger partial charge in [-0.3, -0.25) is 4.90 Å². The van der Waals surface area contributed by atoms with Crippen LogP contribution >= 0.6 is 0 Å². The van der Waals surface area contributed by atoms with Gasteiger partial charge in [0.2, 0.25) is 0 Å². The Kier molecular flexibility index (Phi) is 5.67. The first kappa shape index (κ1) is 15.3. The van der Waals surface area contributed by atoms with E-state index < -0.39 is 5.60 Å². The molecule has 0 heterocycles. The minimum absolute atomic E-state index is 0.364. The molecule has 0 amide bonds. The highest BCUT2D eigenvalue weighted by Gasteiger charge is 2.33. The molecule has 112 valence electrons. The second-order valence-corrected chi connectivity index (χ2v) is 6.96. The maximum absolute atomic E-state index is 10.4. The highest BCUT2D eigenvalue weighted by Crippen LogP contribution is 2.31. The molecule has 0 saturated heterocycles. The minimum Gasteiger partial charge on any atom is -0.388 e. The van der Waals surface area contributed by atoms with Crippen LogP contribution in [0.5, 0.6) is 0 Å². The van der Waals surface area contributed by atoms with Crippen molar-refractivity contribution in [1.29, 1.82) is 0 Å². The lowest BCUT2D eigenvalue weighted by Gasteiger charge is -2.44. The zero-order valence-electron chi connectivity index (χ0n) is 12.6. The molecule has 2 saturated carbocycles. The fourth-order valence-electron chi connectivity index (χ4n) is 3.84. The summed E-state index contributed by atoms with van der Waals surface area (Å²) in [7, 11) is 0. The van der Waals surface area contributed by atoms with Gasteiger partial charge in [0.15, 0.2) is 0 Å². The minimum atomic E-state index is -0.727. The fraction of sp³-hybridized carbons (Fsp3) is 1.00. The molecule has 3 nitrogen and oxygen atoms in total. The van der Waals surface area contributed by atoms with E-state index in [0.29, 0.717) is 18.6 Å². The van der Waals surface area contributed by atoms with Gasteiger partial charge in [0.1, 0.15) is 0 Å². The Morgan fingerprint density at radius 2 is 1.37 bits per heavy atom. The van der Waals surface area contributed by atoms with Crippen molar-refractivity contribution < 1.29 is 5.11 Å². The second-order valence-electron chi connectivity index (χ2n) is 6.96. The number of aliphatic hydroxyl groups is 1. The third-order valence-corrected chi connectivity index (χ3v) is 5.05. The normalized spacial score (nSPS) is 26.5. The molecule has 1 atom stereocenters. The van der Waals surface area contributed by atoms with Gasteiger partial charge in [-0.25, -0.2) is 0 Å². The second kappa shape index (κ2) is 7.05. The highest BCUT2D eigenvalue weighted by molar-refractivity contribution is 4.89. The lowest BCUT2D eigenvalue weighted by molar-refractivity contribution is -0.0196. The summed E-state index contributed by atoms with van der Waals surface area (Å²) >= 11 is 0. The van der Waals surface area contributed by atoms with Crippen LogP contribution in [0.15, 0.2) is 0 Å². The molecule has 3 N–H and O–H groups in total. The fourth-order valence-corrected chi connectivity index (χ4v) is 3.84. The quantitative estimate of drug-likeness (QED) is 0.806. The van der Waals surface area contributed by atoms with Crippen LogP contribution in [0.25, 0.3) is 0 Å². The summed E-state index contributed by atoms with van der Waals surface area (Å²) in [4.78, 5) is 2.63. The molecule has 3 heteroatoms. The van der Waals surface area contributed by atoms with Crippen LogP contribution in [0, 0.1) is 0 Å². The van der Waals surface area contributed by atoms with Crippen molar-refractivity contribution in [2.24, 2.45) is 5.73 Å². The molecule has 2 fully saturated rings. The SMILES string of the molecule is CC(O)(CN)CN(C1CCCCC1)C1CCCCC1. The summed E-state index contributed by atoms with van der Waals surface area (Å²) < 4.78 is 0. The van der Waals surface area contributed by atoms with Crippen LogP contribution in [0.4, 0.5) is 0 Å².